The summed E-state index contributed by atoms with van der Waals surface area (Å²) in [5.41, 5.74) is 2.19. The molecule has 2 heterocycles. The molecule has 1 aromatic carbocycles. The molecule has 1 aromatic rings. The van der Waals surface area contributed by atoms with Crippen molar-refractivity contribution in [2.75, 3.05) is 26.3 Å². The molecule has 1 fully saturated rings. The molecule has 5 heteroatoms. The highest BCUT2D eigenvalue weighted by molar-refractivity contribution is 8.18. The Morgan fingerprint density at radius 1 is 1.29 bits per heavy atom. The standard InChI is InChI=1S/C16H18N2O2S/c1-2-13(12-6-4-3-5-7-12)14-15(19)17-16(21-14)18-8-10-20-11-9-18/h3-7H,2,8-11H2,1H3/b14-13+. The molecule has 0 radical (unpaired) electrons. The molecule has 0 spiro atoms. The molecule has 1 saturated heterocycles. The van der Waals surface area contributed by atoms with Crippen LogP contribution in [0, 0.1) is 0 Å². The Morgan fingerprint density at radius 2 is 2.00 bits per heavy atom. The Balaban J connectivity index is 1.86. The van der Waals surface area contributed by atoms with Crippen molar-refractivity contribution < 1.29 is 9.53 Å². The predicted molar refractivity (Wildman–Crippen MR) is 86.1 cm³/mol. The van der Waals surface area contributed by atoms with Gasteiger partial charge in [0, 0.05) is 13.1 Å². The van der Waals surface area contributed by atoms with E-state index in [1.54, 1.807) is 0 Å². The number of allylic oxidation sites excluding steroid dienone is 1. The molecular formula is C16H18N2O2S. The van der Waals surface area contributed by atoms with E-state index < -0.39 is 0 Å². The number of carbonyl (C=O) groups excluding carboxylic acids is 1. The number of hydrogen-bond donors (Lipinski definition) is 0. The van der Waals surface area contributed by atoms with Gasteiger partial charge in [0.2, 0.25) is 0 Å². The Bertz CT molecular complexity index is 590. The highest BCUT2D eigenvalue weighted by Crippen LogP contribution is 2.36. The van der Waals surface area contributed by atoms with E-state index in [0.29, 0.717) is 13.2 Å². The van der Waals surface area contributed by atoms with Crippen molar-refractivity contribution in [2.45, 2.75) is 13.3 Å². The summed E-state index contributed by atoms with van der Waals surface area (Å²) in [5, 5.41) is 0.820. The third-order valence-corrected chi connectivity index (χ3v) is 4.77. The summed E-state index contributed by atoms with van der Waals surface area (Å²) in [6, 6.07) is 10.1. The van der Waals surface area contributed by atoms with Crippen LogP contribution in [0.1, 0.15) is 18.9 Å². The minimum absolute atomic E-state index is 0.109. The number of rotatable bonds is 2. The predicted octanol–water partition coefficient (Wildman–Crippen LogP) is 2.77. The highest BCUT2D eigenvalue weighted by Gasteiger charge is 2.29. The van der Waals surface area contributed by atoms with Gasteiger partial charge in [-0.05, 0) is 29.3 Å². The molecule has 0 aromatic heterocycles. The van der Waals surface area contributed by atoms with Crippen LogP contribution in [0.2, 0.25) is 0 Å². The number of morpholine rings is 1. The maximum Gasteiger partial charge on any atom is 0.286 e. The fourth-order valence-electron chi connectivity index (χ4n) is 2.51. The SMILES string of the molecule is CC/C(=C1\SC(N2CCOCC2)=NC1=O)c1ccccc1. The second-order valence-electron chi connectivity index (χ2n) is 4.93. The lowest BCUT2D eigenvalue weighted by Crippen LogP contribution is -2.38. The van der Waals surface area contributed by atoms with Gasteiger partial charge < -0.3 is 9.64 Å². The van der Waals surface area contributed by atoms with Gasteiger partial charge in [0.25, 0.3) is 5.91 Å². The maximum atomic E-state index is 12.3. The number of thioether (sulfide) groups is 1. The number of hydrogen-bond acceptors (Lipinski definition) is 4. The number of amidine groups is 1. The molecule has 21 heavy (non-hydrogen) atoms. The van der Waals surface area contributed by atoms with Crippen molar-refractivity contribution in [2.24, 2.45) is 4.99 Å². The third-order valence-electron chi connectivity index (χ3n) is 3.62. The summed E-state index contributed by atoms with van der Waals surface area (Å²) in [7, 11) is 0. The Morgan fingerprint density at radius 3 is 2.67 bits per heavy atom. The first-order chi connectivity index (χ1) is 10.3. The third kappa shape index (κ3) is 3.04. The second kappa shape index (κ2) is 6.45. The van der Waals surface area contributed by atoms with Crippen molar-refractivity contribution in [3.8, 4) is 0 Å². The van der Waals surface area contributed by atoms with Crippen molar-refractivity contribution >= 4 is 28.4 Å². The quantitative estimate of drug-likeness (QED) is 0.788. The zero-order valence-corrected chi connectivity index (χ0v) is 12.9. The van der Waals surface area contributed by atoms with E-state index in [2.05, 4.69) is 16.8 Å². The topological polar surface area (TPSA) is 41.9 Å². The Hall–Kier alpha value is -1.59. The van der Waals surface area contributed by atoms with Crippen LogP contribution in [0.25, 0.3) is 5.57 Å². The average molecular weight is 302 g/mol. The number of benzene rings is 1. The Kier molecular flexibility index (Phi) is 4.41. The smallest absolute Gasteiger partial charge is 0.286 e. The zero-order chi connectivity index (χ0) is 14.7. The largest absolute Gasteiger partial charge is 0.378 e. The summed E-state index contributed by atoms with van der Waals surface area (Å²) in [4.78, 5) is 19.4. The van der Waals surface area contributed by atoms with Gasteiger partial charge in [0.15, 0.2) is 5.17 Å². The van der Waals surface area contributed by atoms with Gasteiger partial charge in [-0.25, -0.2) is 0 Å². The fraction of sp³-hybridized carbons (Fsp3) is 0.375. The van der Waals surface area contributed by atoms with Crippen LogP contribution in [-0.4, -0.2) is 42.3 Å². The van der Waals surface area contributed by atoms with E-state index in [4.69, 9.17) is 4.74 Å². The van der Waals surface area contributed by atoms with Crippen LogP contribution in [0.4, 0.5) is 0 Å². The van der Waals surface area contributed by atoms with Crippen molar-refractivity contribution in [1.29, 1.82) is 0 Å². The molecule has 0 bridgehead atoms. The van der Waals surface area contributed by atoms with Crippen LogP contribution >= 0.6 is 11.8 Å². The zero-order valence-electron chi connectivity index (χ0n) is 12.0. The van der Waals surface area contributed by atoms with Crippen molar-refractivity contribution in [3.63, 3.8) is 0 Å². The van der Waals surface area contributed by atoms with Crippen LogP contribution in [0.5, 0.6) is 0 Å². The van der Waals surface area contributed by atoms with Crippen molar-refractivity contribution in [3.05, 3.63) is 40.8 Å². The molecule has 110 valence electrons. The lowest BCUT2D eigenvalue weighted by atomic mass is 10.0. The van der Waals surface area contributed by atoms with Crippen LogP contribution < -0.4 is 0 Å². The average Bonchev–Trinajstić information content (AvgIpc) is 2.92. The molecule has 0 aliphatic carbocycles. The van der Waals surface area contributed by atoms with E-state index in [-0.39, 0.29) is 5.91 Å². The van der Waals surface area contributed by atoms with Gasteiger partial charge in [-0.2, -0.15) is 4.99 Å². The molecule has 2 aliphatic rings. The van der Waals surface area contributed by atoms with E-state index >= 15 is 0 Å². The molecule has 0 saturated carbocycles. The number of aliphatic imine (C=N–C) groups is 1. The number of nitrogens with zero attached hydrogens (tertiary/aromatic N) is 2. The highest BCUT2D eigenvalue weighted by atomic mass is 32.2. The number of carbonyl (C=O) groups is 1. The Labute approximate surface area is 128 Å². The molecule has 0 atom stereocenters. The fourth-order valence-corrected chi connectivity index (χ4v) is 3.65. The minimum Gasteiger partial charge on any atom is -0.378 e. The monoisotopic (exact) mass is 302 g/mol. The summed E-state index contributed by atoms with van der Waals surface area (Å²) >= 11 is 1.50. The van der Waals surface area contributed by atoms with Crippen molar-refractivity contribution in [1.82, 2.24) is 4.90 Å². The molecule has 3 rings (SSSR count). The molecule has 4 nitrogen and oxygen atoms in total. The number of amides is 1. The van der Waals surface area contributed by atoms with Gasteiger partial charge in [0.05, 0.1) is 18.1 Å². The van der Waals surface area contributed by atoms with Gasteiger partial charge >= 0.3 is 0 Å². The molecule has 0 unspecified atom stereocenters. The molecule has 2 aliphatic heterocycles. The first kappa shape index (κ1) is 14.4. The van der Waals surface area contributed by atoms with E-state index in [1.807, 2.05) is 30.3 Å². The van der Waals surface area contributed by atoms with E-state index in [0.717, 1.165) is 40.7 Å². The molecular weight excluding hydrogens is 284 g/mol. The normalized spacial score (nSPS) is 21.5. The van der Waals surface area contributed by atoms with Gasteiger partial charge in [-0.1, -0.05) is 37.3 Å². The molecule has 0 N–H and O–H groups in total. The lowest BCUT2D eigenvalue weighted by molar-refractivity contribution is -0.113. The lowest BCUT2D eigenvalue weighted by Gasteiger charge is -2.27. The van der Waals surface area contributed by atoms with Gasteiger partial charge in [-0.15, -0.1) is 0 Å². The molecule has 1 amide bonds. The minimum atomic E-state index is -0.109. The maximum absolute atomic E-state index is 12.3. The first-order valence-corrected chi connectivity index (χ1v) is 8.03. The van der Waals surface area contributed by atoms with E-state index in [9.17, 15) is 4.79 Å². The summed E-state index contributed by atoms with van der Waals surface area (Å²) in [5.74, 6) is -0.109. The van der Waals surface area contributed by atoms with Crippen LogP contribution in [0.3, 0.4) is 0 Å². The second-order valence-corrected chi connectivity index (χ2v) is 5.91. The van der Waals surface area contributed by atoms with Gasteiger partial charge in [0.1, 0.15) is 0 Å². The summed E-state index contributed by atoms with van der Waals surface area (Å²) in [6.07, 6.45) is 0.823. The summed E-state index contributed by atoms with van der Waals surface area (Å²) in [6.45, 7) is 5.09. The van der Waals surface area contributed by atoms with Crippen LogP contribution in [0.15, 0.2) is 40.2 Å². The van der Waals surface area contributed by atoms with Gasteiger partial charge in [-0.3, -0.25) is 4.79 Å². The summed E-state index contributed by atoms with van der Waals surface area (Å²) < 4.78 is 5.35. The van der Waals surface area contributed by atoms with Crippen LogP contribution in [-0.2, 0) is 9.53 Å². The van der Waals surface area contributed by atoms with E-state index in [1.165, 1.54) is 11.8 Å². The first-order valence-electron chi connectivity index (χ1n) is 7.21. The number of ether oxygens (including phenoxy) is 1.